The molecule has 0 bridgehead atoms. The van der Waals surface area contributed by atoms with E-state index in [2.05, 4.69) is 26.2 Å². The van der Waals surface area contributed by atoms with Crippen molar-refractivity contribution < 1.29 is 4.79 Å². The van der Waals surface area contributed by atoms with Crippen LogP contribution in [0, 0.1) is 0 Å². The lowest BCUT2D eigenvalue weighted by Gasteiger charge is -1.98. The molecule has 1 aromatic heterocycles. The van der Waals surface area contributed by atoms with Gasteiger partial charge in [-0.1, -0.05) is 15.9 Å². The van der Waals surface area contributed by atoms with Gasteiger partial charge in [-0.05, 0) is 18.2 Å². The Kier molecular flexibility index (Phi) is 2.29. The Morgan fingerprint density at radius 3 is 3.00 bits per heavy atom. The molecule has 0 radical (unpaired) electrons. The van der Waals surface area contributed by atoms with Gasteiger partial charge in [-0.2, -0.15) is 0 Å². The number of nitrogens with one attached hydrogen (secondary N) is 2. The minimum atomic E-state index is -0.0640. The molecule has 4 heteroatoms. The van der Waals surface area contributed by atoms with E-state index >= 15 is 0 Å². The zero-order chi connectivity index (χ0) is 10.1. The van der Waals surface area contributed by atoms with E-state index in [4.69, 9.17) is 0 Å². The molecule has 2 N–H and O–H groups in total. The van der Waals surface area contributed by atoms with Gasteiger partial charge in [0.25, 0.3) is 0 Å². The van der Waals surface area contributed by atoms with Crippen LogP contribution in [0.5, 0.6) is 0 Å². The molecule has 0 unspecified atom stereocenters. The zero-order valence-corrected chi connectivity index (χ0v) is 9.18. The second-order valence-corrected chi connectivity index (χ2v) is 3.99. The van der Waals surface area contributed by atoms with Gasteiger partial charge in [0.2, 0.25) is 5.91 Å². The van der Waals surface area contributed by atoms with Crippen molar-refractivity contribution in [2.45, 2.75) is 6.92 Å². The molecule has 0 saturated heterocycles. The highest BCUT2D eigenvalue weighted by molar-refractivity contribution is 9.10. The predicted molar refractivity (Wildman–Crippen MR) is 60.3 cm³/mol. The SMILES string of the molecule is CC(=O)Nc1c[nH]c2ccc(Br)cc12. The Morgan fingerprint density at radius 1 is 1.50 bits per heavy atom. The molecule has 2 rings (SSSR count). The smallest absolute Gasteiger partial charge is 0.221 e. The first-order valence-corrected chi connectivity index (χ1v) is 5.00. The Morgan fingerprint density at radius 2 is 2.29 bits per heavy atom. The van der Waals surface area contributed by atoms with Crippen LogP contribution in [0.15, 0.2) is 28.9 Å². The third-order valence-corrected chi connectivity index (χ3v) is 2.45. The summed E-state index contributed by atoms with van der Waals surface area (Å²) in [7, 11) is 0. The fourth-order valence-electron chi connectivity index (χ4n) is 1.39. The number of rotatable bonds is 1. The van der Waals surface area contributed by atoms with Crippen molar-refractivity contribution in [1.82, 2.24) is 4.98 Å². The maximum atomic E-state index is 10.9. The molecular weight excluding hydrogens is 244 g/mol. The molecule has 0 aliphatic rings. The summed E-state index contributed by atoms with van der Waals surface area (Å²) >= 11 is 3.39. The maximum absolute atomic E-state index is 10.9. The number of anilines is 1. The average Bonchev–Trinajstić information content (AvgIpc) is 2.47. The van der Waals surface area contributed by atoms with Crippen LogP contribution in [-0.2, 0) is 4.79 Å². The Bertz CT molecular complexity index is 490. The second kappa shape index (κ2) is 3.46. The van der Waals surface area contributed by atoms with Crippen LogP contribution < -0.4 is 5.32 Å². The quantitative estimate of drug-likeness (QED) is 0.806. The van der Waals surface area contributed by atoms with Crippen molar-refractivity contribution in [3.05, 3.63) is 28.9 Å². The fraction of sp³-hybridized carbons (Fsp3) is 0.100. The number of aromatic nitrogens is 1. The topological polar surface area (TPSA) is 44.9 Å². The summed E-state index contributed by atoms with van der Waals surface area (Å²) in [6.45, 7) is 1.50. The third-order valence-electron chi connectivity index (χ3n) is 1.95. The Hall–Kier alpha value is -1.29. The molecule has 0 spiro atoms. The number of halogens is 1. The normalized spacial score (nSPS) is 10.4. The van der Waals surface area contributed by atoms with E-state index in [0.717, 1.165) is 21.1 Å². The highest BCUT2D eigenvalue weighted by Crippen LogP contribution is 2.26. The van der Waals surface area contributed by atoms with E-state index in [1.54, 1.807) is 6.20 Å². The van der Waals surface area contributed by atoms with Crippen molar-refractivity contribution in [2.24, 2.45) is 0 Å². The molecule has 72 valence electrons. The highest BCUT2D eigenvalue weighted by atomic mass is 79.9. The Balaban J connectivity index is 2.55. The van der Waals surface area contributed by atoms with Gasteiger partial charge in [-0.15, -0.1) is 0 Å². The highest BCUT2D eigenvalue weighted by Gasteiger charge is 2.04. The summed E-state index contributed by atoms with van der Waals surface area (Å²) in [4.78, 5) is 14.0. The molecule has 1 aromatic carbocycles. The van der Waals surface area contributed by atoms with E-state index in [1.807, 2.05) is 18.2 Å². The van der Waals surface area contributed by atoms with Gasteiger partial charge in [-0.25, -0.2) is 0 Å². The number of benzene rings is 1. The van der Waals surface area contributed by atoms with Crippen LogP contribution in [0.2, 0.25) is 0 Å². The summed E-state index contributed by atoms with van der Waals surface area (Å²) in [5.74, 6) is -0.0640. The standard InChI is InChI=1S/C10H9BrN2O/c1-6(14)13-10-5-12-9-3-2-7(11)4-8(9)10/h2-5,12H,1H3,(H,13,14). The van der Waals surface area contributed by atoms with Gasteiger partial charge < -0.3 is 10.3 Å². The molecule has 0 aliphatic carbocycles. The molecule has 14 heavy (non-hydrogen) atoms. The minimum Gasteiger partial charge on any atom is -0.359 e. The average molecular weight is 253 g/mol. The summed E-state index contributed by atoms with van der Waals surface area (Å²) in [5.41, 5.74) is 1.82. The summed E-state index contributed by atoms with van der Waals surface area (Å²) in [6.07, 6.45) is 1.79. The summed E-state index contributed by atoms with van der Waals surface area (Å²) in [5, 5.41) is 3.77. The maximum Gasteiger partial charge on any atom is 0.221 e. The molecule has 3 nitrogen and oxygen atoms in total. The van der Waals surface area contributed by atoms with Crippen LogP contribution in [0.4, 0.5) is 5.69 Å². The number of aromatic amines is 1. The first-order chi connectivity index (χ1) is 6.66. The molecule has 1 amide bonds. The monoisotopic (exact) mass is 252 g/mol. The summed E-state index contributed by atoms with van der Waals surface area (Å²) in [6, 6.07) is 5.89. The van der Waals surface area contributed by atoms with E-state index in [0.29, 0.717) is 0 Å². The van der Waals surface area contributed by atoms with Crippen LogP contribution in [-0.4, -0.2) is 10.9 Å². The Labute approximate surface area is 89.6 Å². The number of fused-ring (bicyclic) bond motifs is 1. The number of carbonyl (C=O) groups excluding carboxylic acids is 1. The first kappa shape index (κ1) is 9.27. The zero-order valence-electron chi connectivity index (χ0n) is 7.60. The summed E-state index contributed by atoms with van der Waals surface area (Å²) < 4.78 is 0.996. The molecule has 0 fully saturated rings. The van der Waals surface area contributed by atoms with Crippen molar-refractivity contribution in [1.29, 1.82) is 0 Å². The lowest BCUT2D eigenvalue weighted by molar-refractivity contribution is -0.114. The number of amides is 1. The van der Waals surface area contributed by atoms with Crippen LogP contribution in [0.25, 0.3) is 10.9 Å². The molecule has 1 heterocycles. The minimum absolute atomic E-state index is 0.0640. The van der Waals surface area contributed by atoms with E-state index < -0.39 is 0 Å². The van der Waals surface area contributed by atoms with Crippen molar-refractivity contribution in [3.63, 3.8) is 0 Å². The van der Waals surface area contributed by atoms with Gasteiger partial charge in [0.15, 0.2) is 0 Å². The van der Waals surface area contributed by atoms with Crippen LogP contribution >= 0.6 is 15.9 Å². The van der Waals surface area contributed by atoms with Gasteiger partial charge in [-0.3, -0.25) is 4.79 Å². The molecular formula is C10H9BrN2O. The van der Waals surface area contributed by atoms with Gasteiger partial charge in [0, 0.05) is 28.5 Å². The molecule has 0 aliphatic heterocycles. The second-order valence-electron chi connectivity index (χ2n) is 3.07. The van der Waals surface area contributed by atoms with Gasteiger partial charge in [0.05, 0.1) is 5.69 Å². The van der Waals surface area contributed by atoms with Crippen molar-refractivity contribution in [3.8, 4) is 0 Å². The predicted octanol–water partition coefficient (Wildman–Crippen LogP) is 2.89. The largest absolute Gasteiger partial charge is 0.359 e. The van der Waals surface area contributed by atoms with Gasteiger partial charge in [0.1, 0.15) is 0 Å². The lowest BCUT2D eigenvalue weighted by atomic mass is 10.2. The van der Waals surface area contributed by atoms with E-state index in [-0.39, 0.29) is 5.91 Å². The number of H-pyrrole nitrogens is 1. The molecule has 0 atom stereocenters. The fourth-order valence-corrected chi connectivity index (χ4v) is 1.75. The third kappa shape index (κ3) is 1.65. The van der Waals surface area contributed by atoms with E-state index in [9.17, 15) is 4.79 Å². The van der Waals surface area contributed by atoms with Crippen molar-refractivity contribution in [2.75, 3.05) is 5.32 Å². The molecule has 2 aromatic rings. The number of hydrogen-bond donors (Lipinski definition) is 2. The number of carbonyl (C=O) groups is 1. The van der Waals surface area contributed by atoms with Crippen LogP contribution in [0.3, 0.4) is 0 Å². The number of hydrogen-bond acceptors (Lipinski definition) is 1. The van der Waals surface area contributed by atoms with Crippen LogP contribution in [0.1, 0.15) is 6.92 Å². The van der Waals surface area contributed by atoms with Gasteiger partial charge >= 0.3 is 0 Å². The van der Waals surface area contributed by atoms with Crippen molar-refractivity contribution >= 4 is 38.4 Å². The lowest BCUT2D eigenvalue weighted by Crippen LogP contribution is -2.04. The van der Waals surface area contributed by atoms with E-state index in [1.165, 1.54) is 6.92 Å². The molecule has 0 saturated carbocycles. The first-order valence-electron chi connectivity index (χ1n) is 4.21.